The molecule has 0 aromatic heterocycles. The average Bonchev–Trinajstić information content (AvgIpc) is 2.46. The van der Waals surface area contributed by atoms with Crippen molar-refractivity contribution in [3.05, 3.63) is 41.6 Å². The van der Waals surface area contributed by atoms with Gasteiger partial charge in [-0.15, -0.1) is 17.7 Å². The molecular formula is C18H21NOS. The van der Waals surface area contributed by atoms with E-state index in [0.29, 0.717) is 6.61 Å². The Kier molecular flexibility index (Phi) is 5.41. The van der Waals surface area contributed by atoms with Crippen molar-refractivity contribution < 1.29 is 4.74 Å². The molecule has 1 aliphatic rings. The predicted octanol–water partition coefficient (Wildman–Crippen LogP) is 4.04. The molecule has 0 saturated heterocycles. The SMILES string of the molecule is CC#CCOc1ccc(SC)cc1C1=CN(C)CC(C)=C1. The summed E-state index contributed by atoms with van der Waals surface area (Å²) in [7, 11) is 2.10. The van der Waals surface area contributed by atoms with E-state index in [9.17, 15) is 0 Å². The van der Waals surface area contributed by atoms with Crippen molar-refractivity contribution in [3.63, 3.8) is 0 Å². The largest absolute Gasteiger partial charge is 0.480 e. The van der Waals surface area contributed by atoms with Crippen LogP contribution in [-0.4, -0.2) is 31.4 Å². The van der Waals surface area contributed by atoms with Crippen LogP contribution in [-0.2, 0) is 0 Å². The topological polar surface area (TPSA) is 12.5 Å². The highest BCUT2D eigenvalue weighted by Crippen LogP contribution is 2.33. The lowest BCUT2D eigenvalue weighted by Crippen LogP contribution is -2.17. The number of hydrogen-bond donors (Lipinski definition) is 0. The molecule has 1 heterocycles. The van der Waals surface area contributed by atoms with Crippen molar-refractivity contribution in [2.45, 2.75) is 18.7 Å². The van der Waals surface area contributed by atoms with Crippen molar-refractivity contribution in [2.75, 3.05) is 26.5 Å². The standard InChI is InChI=1S/C18H21NOS/c1-5-6-9-20-18-8-7-16(21-4)11-17(18)15-10-14(2)12-19(3)13-15/h7-8,10-11,13H,9,12H2,1-4H3. The van der Waals surface area contributed by atoms with E-state index in [2.05, 4.69) is 61.4 Å². The van der Waals surface area contributed by atoms with E-state index >= 15 is 0 Å². The number of likely N-dealkylation sites (N-methyl/N-ethyl adjacent to an activating group) is 1. The fraction of sp³-hybridized carbons (Fsp3) is 0.333. The number of ether oxygens (including phenoxy) is 1. The van der Waals surface area contributed by atoms with Crippen LogP contribution in [0.1, 0.15) is 19.4 Å². The minimum atomic E-state index is 0.425. The van der Waals surface area contributed by atoms with E-state index in [1.165, 1.54) is 16.0 Å². The van der Waals surface area contributed by atoms with Gasteiger partial charge in [-0.2, -0.15) is 0 Å². The number of benzene rings is 1. The molecule has 0 radical (unpaired) electrons. The second-order valence-electron chi connectivity index (χ2n) is 5.07. The molecule has 0 bridgehead atoms. The van der Waals surface area contributed by atoms with E-state index in [0.717, 1.165) is 17.9 Å². The molecule has 0 fully saturated rings. The minimum Gasteiger partial charge on any atom is -0.480 e. The third-order valence-corrected chi connectivity index (χ3v) is 3.96. The smallest absolute Gasteiger partial charge is 0.149 e. The van der Waals surface area contributed by atoms with Crippen molar-refractivity contribution in [1.82, 2.24) is 4.90 Å². The highest BCUT2D eigenvalue weighted by molar-refractivity contribution is 7.98. The van der Waals surface area contributed by atoms with Gasteiger partial charge < -0.3 is 9.64 Å². The lowest BCUT2D eigenvalue weighted by atomic mass is 10.0. The Morgan fingerprint density at radius 1 is 1.38 bits per heavy atom. The zero-order valence-corrected chi connectivity index (χ0v) is 13.9. The highest BCUT2D eigenvalue weighted by atomic mass is 32.2. The molecule has 1 aromatic carbocycles. The van der Waals surface area contributed by atoms with Crippen LogP contribution in [0.15, 0.2) is 40.9 Å². The molecule has 1 aliphatic heterocycles. The number of allylic oxidation sites excluding steroid dienone is 2. The van der Waals surface area contributed by atoms with Crippen LogP contribution < -0.4 is 4.74 Å². The first-order valence-corrected chi connectivity index (χ1v) is 8.16. The average molecular weight is 299 g/mol. The second-order valence-corrected chi connectivity index (χ2v) is 5.95. The molecule has 2 nitrogen and oxygen atoms in total. The van der Waals surface area contributed by atoms with Gasteiger partial charge in [0.05, 0.1) is 0 Å². The van der Waals surface area contributed by atoms with Gasteiger partial charge in [-0.05, 0) is 38.3 Å². The van der Waals surface area contributed by atoms with Crippen molar-refractivity contribution in [1.29, 1.82) is 0 Å². The summed E-state index contributed by atoms with van der Waals surface area (Å²) in [6.07, 6.45) is 6.49. The molecule has 0 N–H and O–H groups in total. The maximum Gasteiger partial charge on any atom is 0.149 e. The third-order valence-electron chi connectivity index (χ3n) is 3.23. The fourth-order valence-corrected chi connectivity index (χ4v) is 2.79. The Labute approximate surface area is 131 Å². The number of rotatable bonds is 4. The maximum atomic E-state index is 5.83. The lowest BCUT2D eigenvalue weighted by molar-refractivity contribution is 0.368. The third kappa shape index (κ3) is 4.09. The van der Waals surface area contributed by atoms with Crippen molar-refractivity contribution >= 4 is 17.3 Å². The van der Waals surface area contributed by atoms with Crippen LogP contribution in [0.5, 0.6) is 5.75 Å². The van der Waals surface area contributed by atoms with Crippen LogP contribution in [0.2, 0.25) is 0 Å². The van der Waals surface area contributed by atoms with Crippen molar-refractivity contribution in [2.24, 2.45) is 0 Å². The molecule has 2 rings (SSSR count). The zero-order chi connectivity index (χ0) is 15.2. The Morgan fingerprint density at radius 3 is 2.86 bits per heavy atom. The first-order chi connectivity index (χ1) is 10.1. The molecule has 0 aliphatic carbocycles. The van der Waals surface area contributed by atoms with Crippen LogP contribution in [0.4, 0.5) is 0 Å². The summed E-state index contributed by atoms with van der Waals surface area (Å²) in [5.74, 6) is 6.70. The van der Waals surface area contributed by atoms with Crippen LogP contribution in [0.25, 0.3) is 5.57 Å². The normalized spacial score (nSPS) is 14.0. The monoisotopic (exact) mass is 299 g/mol. The molecule has 0 amide bonds. The van der Waals surface area contributed by atoms with Gasteiger partial charge in [-0.3, -0.25) is 0 Å². The van der Waals surface area contributed by atoms with E-state index in [1.54, 1.807) is 11.8 Å². The summed E-state index contributed by atoms with van der Waals surface area (Å²) in [4.78, 5) is 3.44. The Bertz CT molecular complexity index is 634. The van der Waals surface area contributed by atoms with E-state index < -0.39 is 0 Å². The van der Waals surface area contributed by atoms with E-state index in [1.807, 2.05) is 13.0 Å². The molecule has 21 heavy (non-hydrogen) atoms. The minimum absolute atomic E-state index is 0.425. The molecule has 110 valence electrons. The van der Waals surface area contributed by atoms with Crippen LogP contribution in [0, 0.1) is 11.8 Å². The Hall–Kier alpha value is -1.79. The summed E-state index contributed by atoms with van der Waals surface area (Å²) in [5, 5.41) is 0. The highest BCUT2D eigenvalue weighted by Gasteiger charge is 2.13. The first kappa shape index (κ1) is 15.6. The molecule has 0 unspecified atom stereocenters. The van der Waals surface area contributed by atoms with Gasteiger partial charge in [0.1, 0.15) is 12.4 Å². The van der Waals surface area contributed by atoms with E-state index in [-0.39, 0.29) is 0 Å². The lowest BCUT2D eigenvalue weighted by Gasteiger charge is -2.23. The van der Waals surface area contributed by atoms with E-state index in [4.69, 9.17) is 4.74 Å². The van der Waals surface area contributed by atoms with Gasteiger partial charge in [0.2, 0.25) is 0 Å². The van der Waals surface area contributed by atoms with Gasteiger partial charge in [0, 0.05) is 35.8 Å². The van der Waals surface area contributed by atoms with Gasteiger partial charge in [0.15, 0.2) is 0 Å². The number of hydrogen-bond acceptors (Lipinski definition) is 3. The molecule has 0 spiro atoms. The summed E-state index contributed by atoms with van der Waals surface area (Å²) in [5.41, 5.74) is 3.67. The molecule has 0 atom stereocenters. The molecule has 3 heteroatoms. The van der Waals surface area contributed by atoms with Crippen molar-refractivity contribution in [3.8, 4) is 17.6 Å². The molecule has 0 saturated carbocycles. The zero-order valence-electron chi connectivity index (χ0n) is 13.1. The predicted molar refractivity (Wildman–Crippen MR) is 91.5 cm³/mol. The Balaban J connectivity index is 2.40. The molecule has 1 aromatic rings. The summed E-state index contributed by atoms with van der Waals surface area (Å²) in [6, 6.07) is 6.32. The quantitative estimate of drug-likeness (QED) is 0.615. The number of nitrogens with zero attached hydrogens (tertiary/aromatic N) is 1. The summed E-state index contributed by atoms with van der Waals surface area (Å²) >= 11 is 1.74. The van der Waals surface area contributed by atoms with Gasteiger partial charge in [-0.25, -0.2) is 0 Å². The first-order valence-electron chi connectivity index (χ1n) is 6.94. The van der Waals surface area contributed by atoms with Crippen LogP contribution in [0.3, 0.4) is 0 Å². The van der Waals surface area contributed by atoms with Gasteiger partial charge in [0.25, 0.3) is 0 Å². The summed E-state index contributed by atoms with van der Waals surface area (Å²) < 4.78 is 5.83. The Morgan fingerprint density at radius 2 is 2.19 bits per heavy atom. The number of thioether (sulfide) groups is 1. The second kappa shape index (κ2) is 7.28. The van der Waals surface area contributed by atoms with Gasteiger partial charge in [-0.1, -0.05) is 17.6 Å². The van der Waals surface area contributed by atoms with Crippen LogP contribution >= 0.6 is 11.8 Å². The van der Waals surface area contributed by atoms with Gasteiger partial charge >= 0.3 is 0 Å². The molecular weight excluding hydrogens is 278 g/mol. The fourth-order valence-electron chi connectivity index (χ4n) is 2.35. The maximum absolute atomic E-state index is 5.83. The summed E-state index contributed by atoms with van der Waals surface area (Å²) in [6.45, 7) is 5.38.